The fourth-order valence-corrected chi connectivity index (χ4v) is 6.98. The first-order chi connectivity index (χ1) is 21.0. The molecule has 1 atom stereocenters. The Bertz CT molecular complexity index is 1700. The highest BCUT2D eigenvalue weighted by Gasteiger charge is 2.35. The average Bonchev–Trinajstić information content (AvgIpc) is 3.01. The Kier molecular flexibility index (Phi) is 11.3. The van der Waals surface area contributed by atoms with Crippen molar-refractivity contribution in [2.24, 2.45) is 0 Å². The molecule has 0 fully saturated rings. The second-order valence-corrected chi connectivity index (χ2v) is 13.1. The number of anilines is 1. The number of benzene rings is 4. The van der Waals surface area contributed by atoms with E-state index in [-0.39, 0.29) is 23.5 Å². The molecule has 11 heteroatoms. The molecule has 0 bridgehead atoms. The Morgan fingerprint density at radius 3 is 1.98 bits per heavy atom. The summed E-state index contributed by atoms with van der Waals surface area (Å²) in [6.45, 7) is 3.04. The third-order valence-electron chi connectivity index (χ3n) is 7.13. The third kappa shape index (κ3) is 7.74. The van der Waals surface area contributed by atoms with Gasteiger partial charge in [0, 0.05) is 40.1 Å². The van der Waals surface area contributed by atoms with Crippen molar-refractivity contribution in [2.75, 3.05) is 17.4 Å². The molecule has 1 N–H and O–H groups in total. The summed E-state index contributed by atoms with van der Waals surface area (Å²) in [5.41, 5.74) is 1.96. The predicted octanol–water partition coefficient (Wildman–Crippen LogP) is 6.93. The van der Waals surface area contributed by atoms with E-state index in [1.807, 2.05) is 30.3 Å². The van der Waals surface area contributed by atoms with E-state index in [0.29, 0.717) is 32.7 Å². The Balaban J connectivity index is 1.85. The maximum absolute atomic E-state index is 14.5. The van der Waals surface area contributed by atoms with Crippen LogP contribution in [-0.4, -0.2) is 44.3 Å². The fraction of sp³-hybridized carbons (Fsp3) is 0.212. The standard InChI is InChI=1S/C33H32Cl3N3O4S/c1-3-37-33(41)31(20-24-12-6-4-7-13-24)38(21-26-28(35)17-10-18-29(26)36)32(40)22-39(30-19-11-16-27(34)23(30)2)44(42,43)25-14-8-5-9-15-25/h4-19,31H,3,20-22H2,1-2H3,(H,37,41)/t31-/m0/s1. The van der Waals surface area contributed by atoms with Gasteiger partial charge in [-0.05, 0) is 61.4 Å². The number of hydrogen-bond donors (Lipinski definition) is 1. The van der Waals surface area contributed by atoms with Gasteiger partial charge in [-0.15, -0.1) is 0 Å². The quantitative estimate of drug-likeness (QED) is 0.177. The Hall–Kier alpha value is -3.56. The summed E-state index contributed by atoms with van der Waals surface area (Å²) >= 11 is 19.5. The fourth-order valence-electron chi connectivity index (χ4n) is 4.80. The normalized spacial score (nSPS) is 11.9. The highest BCUT2D eigenvalue weighted by atomic mass is 35.5. The molecule has 230 valence electrons. The van der Waals surface area contributed by atoms with E-state index in [2.05, 4.69) is 5.32 Å². The minimum absolute atomic E-state index is 0.00237. The van der Waals surface area contributed by atoms with Gasteiger partial charge in [0.25, 0.3) is 10.0 Å². The van der Waals surface area contributed by atoms with Gasteiger partial charge >= 0.3 is 0 Å². The van der Waals surface area contributed by atoms with Crippen LogP contribution in [0.3, 0.4) is 0 Å². The maximum atomic E-state index is 14.5. The maximum Gasteiger partial charge on any atom is 0.264 e. The van der Waals surface area contributed by atoms with Crippen molar-refractivity contribution in [1.82, 2.24) is 10.2 Å². The van der Waals surface area contributed by atoms with E-state index in [1.54, 1.807) is 68.4 Å². The molecule has 2 amide bonds. The summed E-state index contributed by atoms with van der Waals surface area (Å²) in [5, 5.41) is 3.78. The number of carbonyl (C=O) groups excluding carboxylic acids is 2. The van der Waals surface area contributed by atoms with Crippen LogP contribution >= 0.6 is 34.8 Å². The average molecular weight is 673 g/mol. The first-order valence-electron chi connectivity index (χ1n) is 13.9. The Morgan fingerprint density at radius 1 is 0.795 bits per heavy atom. The summed E-state index contributed by atoms with van der Waals surface area (Å²) < 4.78 is 29.2. The summed E-state index contributed by atoms with van der Waals surface area (Å²) in [7, 11) is -4.25. The molecule has 7 nitrogen and oxygen atoms in total. The van der Waals surface area contributed by atoms with Crippen LogP contribution in [0.2, 0.25) is 15.1 Å². The minimum Gasteiger partial charge on any atom is -0.355 e. The highest BCUT2D eigenvalue weighted by molar-refractivity contribution is 7.92. The van der Waals surface area contributed by atoms with E-state index in [4.69, 9.17) is 34.8 Å². The van der Waals surface area contributed by atoms with Crippen LogP contribution in [0.15, 0.2) is 102 Å². The molecule has 0 aliphatic heterocycles. The molecular weight excluding hydrogens is 641 g/mol. The number of amides is 2. The van der Waals surface area contributed by atoms with Crippen LogP contribution in [0.1, 0.15) is 23.6 Å². The molecule has 4 aromatic rings. The monoisotopic (exact) mass is 671 g/mol. The molecule has 0 aromatic heterocycles. The number of sulfonamides is 1. The van der Waals surface area contributed by atoms with Gasteiger partial charge in [-0.1, -0.05) is 95.5 Å². The highest BCUT2D eigenvalue weighted by Crippen LogP contribution is 2.32. The number of nitrogens with one attached hydrogen (secondary N) is 1. The first-order valence-corrected chi connectivity index (χ1v) is 16.5. The van der Waals surface area contributed by atoms with Crippen LogP contribution < -0.4 is 9.62 Å². The van der Waals surface area contributed by atoms with Crippen molar-refractivity contribution in [3.8, 4) is 0 Å². The lowest BCUT2D eigenvalue weighted by molar-refractivity contribution is -0.140. The van der Waals surface area contributed by atoms with Crippen LogP contribution in [0, 0.1) is 6.92 Å². The molecule has 44 heavy (non-hydrogen) atoms. The third-order valence-corrected chi connectivity index (χ3v) is 10.0. The molecule has 0 radical (unpaired) electrons. The lowest BCUT2D eigenvalue weighted by Crippen LogP contribution is -2.53. The van der Waals surface area contributed by atoms with Crippen LogP contribution in [0.5, 0.6) is 0 Å². The van der Waals surface area contributed by atoms with Gasteiger partial charge < -0.3 is 10.2 Å². The Labute approximate surface area is 273 Å². The number of likely N-dealkylation sites (N-methyl/N-ethyl adjacent to an activating group) is 1. The van der Waals surface area contributed by atoms with E-state index in [9.17, 15) is 18.0 Å². The van der Waals surface area contributed by atoms with Crippen molar-refractivity contribution in [3.63, 3.8) is 0 Å². The summed E-state index contributed by atoms with van der Waals surface area (Å²) in [6, 6.07) is 25.9. The second kappa shape index (κ2) is 14.9. The molecule has 0 saturated heterocycles. The zero-order valence-corrected chi connectivity index (χ0v) is 27.3. The van der Waals surface area contributed by atoms with Crippen molar-refractivity contribution in [3.05, 3.63) is 129 Å². The molecular formula is C33H32Cl3N3O4S. The minimum atomic E-state index is -4.25. The first kappa shape index (κ1) is 33.3. The molecule has 0 saturated carbocycles. The zero-order valence-electron chi connectivity index (χ0n) is 24.2. The van der Waals surface area contributed by atoms with Crippen molar-refractivity contribution < 1.29 is 18.0 Å². The lowest BCUT2D eigenvalue weighted by atomic mass is 10.0. The molecule has 0 spiro atoms. The zero-order chi connectivity index (χ0) is 31.9. The molecule has 4 aromatic carbocycles. The molecule has 0 aliphatic rings. The number of carbonyl (C=O) groups is 2. The summed E-state index contributed by atoms with van der Waals surface area (Å²) in [6.07, 6.45) is 0.169. The lowest BCUT2D eigenvalue weighted by Gasteiger charge is -2.34. The van der Waals surface area contributed by atoms with Gasteiger partial charge in [0.05, 0.1) is 10.6 Å². The van der Waals surface area contributed by atoms with Crippen LogP contribution in [-0.2, 0) is 32.6 Å². The van der Waals surface area contributed by atoms with Crippen molar-refractivity contribution >= 4 is 62.3 Å². The molecule has 0 aliphatic carbocycles. The topological polar surface area (TPSA) is 86.8 Å². The predicted molar refractivity (Wildman–Crippen MR) is 177 cm³/mol. The van der Waals surface area contributed by atoms with Gasteiger partial charge in [0.2, 0.25) is 11.8 Å². The smallest absolute Gasteiger partial charge is 0.264 e. The number of nitrogens with zero attached hydrogens (tertiary/aromatic N) is 2. The Morgan fingerprint density at radius 2 is 1.36 bits per heavy atom. The molecule has 0 unspecified atom stereocenters. The van der Waals surface area contributed by atoms with E-state index in [0.717, 1.165) is 9.87 Å². The largest absolute Gasteiger partial charge is 0.355 e. The second-order valence-electron chi connectivity index (χ2n) is 10.0. The van der Waals surface area contributed by atoms with Gasteiger partial charge in [-0.2, -0.15) is 0 Å². The van der Waals surface area contributed by atoms with Gasteiger partial charge in [-0.3, -0.25) is 13.9 Å². The number of rotatable bonds is 12. The van der Waals surface area contributed by atoms with E-state index in [1.165, 1.54) is 17.0 Å². The molecule has 4 rings (SSSR count). The van der Waals surface area contributed by atoms with Gasteiger partial charge in [0.1, 0.15) is 12.6 Å². The van der Waals surface area contributed by atoms with E-state index < -0.39 is 34.4 Å². The van der Waals surface area contributed by atoms with Crippen LogP contribution in [0.4, 0.5) is 5.69 Å². The SMILES string of the molecule is CCNC(=O)[C@H](Cc1ccccc1)N(Cc1c(Cl)cccc1Cl)C(=O)CN(c1cccc(Cl)c1C)S(=O)(=O)c1ccccc1. The summed E-state index contributed by atoms with van der Waals surface area (Å²) in [4.78, 5) is 29.4. The van der Waals surface area contributed by atoms with Gasteiger partial charge in [0.15, 0.2) is 0 Å². The number of halogens is 3. The van der Waals surface area contributed by atoms with Crippen LogP contribution in [0.25, 0.3) is 0 Å². The van der Waals surface area contributed by atoms with Gasteiger partial charge in [-0.25, -0.2) is 8.42 Å². The summed E-state index contributed by atoms with van der Waals surface area (Å²) in [5.74, 6) is -1.03. The molecule has 0 heterocycles. The van der Waals surface area contributed by atoms with E-state index >= 15 is 0 Å². The van der Waals surface area contributed by atoms with Crippen molar-refractivity contribution in [2.45, 2.75) is 37.8 Å². The number of hydrogen-bond acceptors (Lipinski definition) is 4. The van der Waals surface area contributed by atoms with Crippen molar-refractivity contribution in [1.29, 1.82) is 0 Å².